The number of hydrogen-bond acceptors (Lipinski definition) is 3. The van der Waals surface area contributed by atoms with Crippen LogP contribution >= 0.6 is 0 Å². The fourth-order valence-corrected chi connectivity index (χ4v) is 4.24. The van der Waals surface area contributed by atoms with E-state index in [1.807, 2.05) is 0 Å². The Labute approximate surface area is 169 Å². The Morgan fingerprint density at radius 3 is 2.45 bits per heavy atom. The van der Waals surface area contributed by atoms with Gasteiger partial charge in [0.25, 0.3) is 17.7 Å². The second kappa shape index (κ2) is 7.78. The van der Waals surface area contributed by atoms with Gasteiger partial charge in [-0.25, -0.2) is 4.39 Å². The van der Waals surface area contributed by atoms with Gasteiger partial charge < -0.3 is 4.90 Å². The molecule has 4 rings (SSSR count). The van der Waals surface area contributed by atoms with Gasteiger partial charge in [0.1, 0.15) is 5.82 Å². The molecule has 2 aromatic carbocycles. The standard InChI is InChI=1S/C23H23FN2O3/c1-25(14-16-7-5-6-10-20(16)24)21(27)15-11-12-18-19(13-15)23(29)26(22(18)28)17-8-3-2-4-9-17/h5-7,10-13,17H,2-4,8-9,14H2,1H3. The van der Waals surface area contributed by atoms with Crippen LogP contribution < -0.4 is 0 Å². The van der Waals surface area contributed by atoms with E-state index in [0.29, 0.717) is 16.7 Å². The van der Waals surface area contributed by atoms with Crippen molar-refractivity contribution in [1.82, 2.24) is 9.80 Å². The molecule has 0 aromatic heterocycles. The highest BCUT2D eigenvalue weighted by molar-refractivity contribution is 6.22. The summed E-state index contributed by atoms with van der Waals surface area (Å²) in [5.74, 6) is -1.28. The zero-order valence-corrected chi connectivity index (χ0v) is 16.4. The first-order chi connectivity index (χ1) is 14.0. The molecule has 2 aromatic rings. The summed E-state index contributed by atoms with van der Waals surface area (Å²) in [6.45, 7) is 0.115. The van der Waals surface area contributed by atoms with Crippen molar-refractivity contribution in [2.24, 2.45) is 0 Å². The molecule has 1 aliphatic heterocycles. The fourth-order valence-electron chi connectivity index (χ4n) is 4.24. The second-order valence-electron chi connectivity index (χ2n) is 7.79. The van der Waals surface area contributed by atoms with Gasteiger partial charge in [0.15, 0.2) is 0 Å². The van der Waals surface area contributed by atoms with Crippen LogP contribution in [0.4, 0.5) is 4.39 Å². The number of hydrogen-bond donors (Lipinski definition) is 0. The van der Waals surface area contributed by atoms with Crippen molar-refractivity contribution < 1.29 is 18.8 Å². The van der Waals surface area contributed by atoms with Crippen LogP contribution in [0.1, 0.15) is 68.7 Å². The fraction of sp³-hybridized carbons (Fsp3) is 0.348. The third-order valence-corrected chi connectivity index (χ3v) is 5.82. The molecule has 1 heterocycles. The Bertz CT molecular complexity index is 982. The molecule has 0 radical (unpaired) electrons. The Hall–Kier alpha value is -3.02. The molecule has 0 saturated heterocycles. The van der Waals surface area contributed by atoms with Crippen molar-refractivity contribution in [1.29, 1.82) is 0 Å². The van der Waals surface area contributed by atoms with E-state index in [-0.39, 0.29) is 41.7 Å². The van der Waals surface area contributed by atoms with Crippen LogP contribution in [0.15, 0.2) is 42.5 Å². The third-order valence-electron chi connectivity index (χ3n) is 5.82. The van der Waals surface area contributed by atoms with Crippen molar-refractivity contribution >= 4 is 17.7 Å². The Morgan fingerprint density at radius 2 is 1.72 bits per heavy atom. The van der Waals surface area contributed by atoms with Crippen LogP contribution in [0, 0.1) is 5.82 Å². The zero-order chi connectivity index (χ0) is 20.5. The quantitative estimate of drug-likeness (QED) is 0.736. The first-order valence-electron chi connectivity index (χ1n) is 9.98. The molecule has 6 heteroatoms. The van der Waals surface area contributed by atoms with E-state index >= 15 is 0 Å². The number of halogens is 1. The first-order valence-corrected chi connectivity index (χ1v) is 9.98. The number of rotatable bonds is 4. The number of benzene rings is 2. The predicted molar refractivity (Wildman–Crippen MR) is 106 cm³/mol. The molecule has 1 saturated carbocycles. The van der Waals surface area contributed by atoms with Crippen LogP contribution in [0.5, 0.6) is 0 Å². The Kier molecular flexibility index (Phi) is 5.18. The van der Waals surface area contributed by atoms with E-state index in [4.69, 9.17) is 0 Å². The monoisotopic (exact) mass is 394 g/mol. The van der Waals surface area contributed by atoms with Crippen LogP contribution in [-0.4, -0.2) is 40.6 Å². The summed E-state index contributed by atoms with van der Waals surface area (Å²) in [6, 6.07) is 10.9. The highest BCUT2D eigenvalue weighted by atomic mass is 19.1. The van der Waals surface area contributed by atoms with Gasteiger partial charge in [-0.15, -0.1) is 0 Å². The largest absolute Gasteiger partial charge is 0.337 e. The van der Waals surface area contributed by atoms with Gasteiger partial charge in [0.2, 0.25) is 0 Å². The molecular formula is C23H23FN2O3. The minimum Gasteiger partial charge on any atom is -0.337 e. The van der Waals surface area contributed by atoms with Crippen LogP contribution in [0.2, 0.25) is 0 Å². The van der Waals surface area contributed by atoms with Crippen molar-refractivity contribution in [3.05, 3.63) is 70.5 Å². The van der Waals surface area contributed by atoms with E-state index < -0.39 is 0 Å². The van der Waals surface area contributed by atoms with Gasteiger partial charge in [-0.05, 0) is 37.1 Å². The molecule has 0 bridgehead atoms. The first kappa shape index (κ1) is 19.3. The van der Waals surface area contributed by atoms with Gasteiger partial charge in [-0.3, -0.25) is 19.3 Å². The van der Waals surface area contributed by atoms with Gasteiger partial charge in [-0.1, -0.05) is 37.5 Å². The Morgan fingerprint density at radius 1 is 1.03 bits per heavy atom. The SMILES string of the molecule is CN(Cc1ccccc1F)C(=O)c1ccc2c(c1)C(=O)N(C1CCCCC1)C2=O. The van der Waals surface area contributed by atoms with Gasteiger partial charge in [-0.2, -0.15) is 0 Å². The van der Waals surface area contributed by atoms with E-state index in [0.717, 1.165) is 32.1 Å². The van der Waals surface area contributed by atoms with Crippen molar-refractivity contribution in [3.8, 4) is 0 Å². The van der Waals surface area contributed by atoms with E-state index in [9.17, 15) is 18.8 Å². The highest BCUT2D eigenvalue weighted by Crippen LogP contribution is 2.31. The summed E-state index contributed by atoms with van der Waals surface area (Å²) in [4.78, 5) is 41.3. The van der Waals surface area contributed by atoms with E-state index in [1.54, 1.807) is 37.4 Å². The average Bonchev–Trinajstić information content (AvgIpc) is 2.99. The summed E-state index contributed by atoms with van der Waals surface area (Å²) in [5, 5.41) is 0. The van der Waals surface area contributed by atoms with Gasteiger partial charge >= 0.3 is 0 Å². The lowest BCUT2D eigenvalue weighted by Gasteiger charge is -2.29. The molecule has 0 unspecified atom stereocenters. The summed E-state index contributed by atoms with van der Waals surface area (Å²) >= 11 is 0. The molecule has 1 aliphatic carbocycles. The number of carbonyl (C=O) groups excluding carboxylic acids is 3. The number of nitrogens with zero attached hydrogens (tertiary/aromatic N) is 2. The second-order valence-corrected chi connectivity index (χ2v) is 7.79. The van der Waals surface area contributed by atoms with Crippen molar-refractivity contribution in [3.63, 3.8) is 0 Å². The lowest BCUT2D eigenvalue weighted by molar-refractivity contribution is 0.0548. The maximum atomic E-state index is 13.9. The highest BCUT2D eigenvalue weighted by Gasteiger charge is 2.40. The lowest BCUT2D eigenvalue weighted by atomic mass is 9.94. The normalized spacial score (nSPS) is 16.8. The van der Waals surface area contributed by atoms with Crippen molar-refractivity contribution in [2.45, 2.75) is 44.7 Å². The van der Waals surface area contributed by atoms with Crippen molar-refractivity contribution in [2.75, 3.05) is 7.05 Å². The topological polar surface area (TPSA) is 57.7 Å². The van der Waals surface area contributed by atoms with Gasteiger partial charge in [0, 0.05) is 30.8 Å². The molecule has 29 heavy (non-hydrogen) atoms. The molecule has 0 N–H and O–H groups in total. The number of fused-ring (bicyclic) bond motifs is 1. The molecule has 1 fully saturated rings. The van der Waals surface area contributed by atoms with E-state index in [1.165, 1.54) is 21.9 Å². The van der Waals surface area contributed by atoms with Crippen LogP contribution in [-0.2, 0) is 6.54 Å². The molecule has 0 spiro atoms. The molecular weight excluding hydrogens is 371 g/mol. The number of imide groups is 1. The average molecular weight is 394 g/mol. The minimum atomic E-state index is -0.370. The Balaban J connectivity index is 1.55. The minimum absolute atomic E-state index is 0.0565. The predicted octanol–water partition coefficient (Wildman–Crippen LogP) is 4.03. The maximum Gasteiger partial charge on any atom is 0.261 e. The zero-order valence-electron chi connectivity index (χ0n) is 16.4. The summed E-state index contributed by atoms with van der Waals surface area (Å²) in [7, 11) is 1.59. The summed E-state index contributed by atoms with van der Waals surface area (Å²) < 4.78 is 13.9. The number of amides is 3. The van der Waals surface area contributed by atoms with Crippen LogP contribution in [0.25, 0.3) is 0 Å². The van der Waals surface area contributed by atoms with Gasteiger partial charge in [0.05, 0.1) is 11.1 Å². The molecule has 3 amide bonds. The molecule has 150 valence electrons. The summed E-state index contributed by atoms with van der Waals surface area (Å²) in [6.07, 6.45) is 4.84. The smallest absolute Gasteiger partial charge is 0.261 e. The third kappa shape index (κ3) is 3.55. The summed E-state index contributed by atoms with van der Waals surface area (Å²) in [5.41, 5.74) is 1.37. The van der Waals surface area contributed by atoms with E-state index in [2.05, 4.69) is 0 Å². The van der Waals surface area contributed by atoms with Crippen LogP contribution in [0.3, 0.4) is 0 Å². The lowest BCUT2D eigenvalue weighted by Crippen LogP contribution is -2.40. The molecule has 2 aliphatic rings. The molecule has 0 atom stereocenters. The number of carbonyl (C=O) groups is 3. The molecule has 5 nitrogen and oxygen atoms in total. The maximum absolute atomic E-state index is 13.9.